The summed E-state index contributed by atoms with van der Waals surface area (Å²) in [6.45, 7) is 8.33. The SMILES string of the molecule is C=C1C=C(Cl)CC(C)(C)C1. The minimum absolute atomic E-state index is 0.322. The first-order chi connectivity index (χ1) is 4.49. The van der Waals surface area contributed by atoms with Crippen LogP contribution in [0.4, 0.5) is 0 Å². The zero-order chi connectivity index (χ0) is 7.78. The molecule has 56 valence electrons. The van der Waals surface area contributed by atoms with Gasteiger partial charge in [0, 0.05) is 5.03 Å². The summed E-state index contributed by atoms with van der Waals surface area (Å²) in [4.78, 5) is 0. The smallest absolute Gasteiger partial charge is 0.0188 e. The van der Waals surface area contributed by atoms with Gasteiger partial charge in [-0.05, 0) is 24.3 Å². The lowest BCUT2D eigenvalue weighted by molar-refractivity contribution is 0.359. The fourth-order valence-electron chi connectivity index (χ4n) is 1.46. The standard InChI is InChI=1S/C9H13Cl/c1-7-4-8(10)6-9(2,3)5-7/h4H,1,5-6H2,2-3H3. The van der Waals surface area contributed by atoms with Gasteiger partial charge in [0.2, 0.25) is 0 Å². The van der Waals surface area contributed by atoms with Crippen LogP contribution in [0.5, 0.6) is 0 Å². The molecule has 0 unspecified atom stereocenters. The van der Waals surface area contributed by atoms with E-state index in [1.165, 1.54) is 0 Å². The van der Waals surface area contributed by atoms with Gasteiger partial charge in [-0.15, -0.1) is 0 Å². The molecular weight excluding hydrogens is 144 g/mol. The summed E-state index contributed by atoms with van der Waals surface area (Å²) in [6.07, 6.45) is 4.05. The molecule has 0 amide bonds. The number of allylic oxidation sites excluding steroid dienone is 3. The molecule has 0 aromatic rings. The summed E-state index contributed by atoms with van der Waals surface area (Å²) in [5, 5.41) is 0.946. The molecule has 0 spiro atoms. The minimum atomic E-state index is 0.322. The summed E-state index contributed by atoms with van der Waals surface area (Å²) >= 11 is 5.90. The van der Waals surface area contributed by atoms with Gasteiger partial charge in [-0.1, -0.05) is 37.6 Å². The molecule has 0 nitrogen and oxygen atoms in total. The molecule has 1 aliphatic carbocycles. The molecule has 1 rings (SSSR count). The van der Waals surface area contributed by atoms with E-state index in [0.29, 0.717) is 5.41 Å². The van der Waals surface area contributed by atoms with Crippen LogP contribution >= 0.6 is 11.6 Å². The van der Waals surface area contributed by atoms with Gasteiger partial charge in [-0.3, -0.25) is 0 Å². The van der Waals surface area contributed by atoms with E-state index in [9.17, 15) is 0 Å². The maximum Gasteiger partial charge on any atom is 0.0188 e. The minimum Gasteiger partial charge on any atom is -0.0958 e. The van der Waals surface area contributed by atoms with E-state index in [2.05, 4.69) is 20.4 Å². The van der Waals surface area contributed by atoms with E-state index in [1.54, 1.807) is 0 Å². The first-order valence-corrected chi connectivity index (χ1v) is 3.91. The molecule has 0 aliphatic heterocycles. The third-order valence-electron chi connectivity index (χ3n) is 1.71. The van der Waals surface area contributed by atoms with Crippen molar-refractivity contribution in [2.45, 2.75) is 26.7 Å². The van der Waals surface area contributed by atoms with Gasteiger partial charge in [-0.2, -0.15) is 0 Å². The van der Waals surface area contributed by atoms with E-state index >= 15 is 0 Å². The Balaban J connectivity index is 2.80. The second-order valence-electron chi connectivity index (χ2n) is 3.77. The largest absolute Gasteiger partial charge is 0.0958 e. The fraction of sp³-hybridized carbons (Fsp3) is 0.556. The summed E-state index contributed by atoms with van der Waals surface area (Å²) in [5.74, 6) is 0. The fourth-order valence-corrected chi connectivity index (χ4v) is 1.97. The quantitative estimate of drug-likeness (QED) is 0.504. The Labute approximate surface area is 67.6 Å². The Bertz CT molecular complexity index is 187. The molecule has 10 heavy (non-hydrogen) atoms. The molecule has 0 atom stereocenters. The van der Waals surface area contributed by atoms with E-state index in [1.807, 2.05) is 6.08 Å². The summed E-state index contributed by atoms with van der Waals surface area (Å²) < 4.78 is 0. The van der Waals surface area contributed by atoms with E-state index < -0.39 is 0 Å². The van der Waals surface area contributed by atoms with Gasteiger partial charge in [-0.25, -0.2) is 0 Å². The van der Waals surface area contributed by atoms with Crippen LogP contribution in [0.25, 0.3) is 0 Å². The Morgan fingerprint density at radius 1 is 1.50 bits per heavy atom. The molecule has 0 N–H and O–H groups in total. The Morgan fingerprint density at radius 3 is 2.50 bits per heavy atom. The Morgan fingerprint density at radius 2 is 2.10 bits per heavy atom. The highest BCUT2D eigenvalue weighted by molar-refractivity contribution is 6.29. The topological polar surface area (TPSA) is 0 Å². The normalized spacial score (nSPS) is 24.3. The predicted molar refractivity (Wildman–Crippen MR) is 46.1 cm³/mol. The Hall–Kier alpha value is -0.230. The van der Waals surface area contributed by atoms with Gasteiger partial charge in [0.1, 0.15) is 0 Å². The van der Waals surface area contributed by atoms with Crippen LogP contribution in [0.15, 0.2) is 23.3 Å². The van der Waals surface area contributed by atoms with Gasteiger partial charge in [0.15, 0.2) is 0 Å². The summed E-state index contributed by atoms with van der Waals surface area (Å²) in [5.41, 5.74) is 1.48. The monoisotopic (exact) mass is 156 g/mol. The van der Waals surface area contributed by atoms with E-state index in [0.717, 1.165) is 23.4 Å². The number of hydrogen-bond donors (Lipinski definition) is 0. The molecule has 1 heteroatoms. The van der Waals surface area contributed by atoms with Crippen molar-refractivity contribution in [2.24, 2.45) is 5.41 Å². The average Bonchev–Trinajstić information content (AvgIpc) is 1.54. The Kier molecular flexibility index (Phi) is 1.91. The molecule has 0 aromatic carbocycles. The first-order valence-electron chi connectivity index (χ1n) is 3.53. The van der Waals surface area contributed by atoms with Crippen molar-refractivity contribution in [3.63, 3.8) is 0 Å². The van der Waals surface area contributed by atoms with Crippen molar-refractivity contribution in [1.82, 2.24) is 0 Å². The highest BCUT2D eigenvalue weighted by Gasteiger charge is 2.23. The van der Waals surface area contributed by atoms with Crippen LogP contribution in [-0.2, 0) is 0 Å². The van der Waals surface area contributed by atoms with Crippen LogP contribution < -0.4 is 0 Å². The van der Waals surface area contributed by atoms with Crippen molar-refractivity contribution in [2.75, 3.05) is 0 Å². The number of halogens is 1. The first kappa shape index (κ1) is 7.87. The average molecular weight is 157 g/mol. The molecule has 0 saturated heterocycles. The van der Waals surface area contributed by atoms with Gasteiger partial charge < -0.3 is 0 Å². The third-order valence-corrected chi connectivity index (χ3v) is 1.96. The van der Waals surface area contributed by atoms with Gasteiger partial charge in [0.25, 0.3) is 0 Å². The van der Waals surface area contributed by atoms with Crippen molar-refractivity contribution in [3.8, 4) is 0 Å². The zero-order valence-electron chi connectivity index (χ0n) is 6.58. The molecule has 1 aliphatic rings. The molecule has 0 bridgehead atoms. The highest BCUT2D eigenvalue weighted by atomic mass is 35.5. The van der Waals surface area contributed by atoms with Crippen LogP contribution in [0, 0.1) is 5.41 Å². The van der Waals surface area contributed by atoms with Crippen LogP contribution in [0.2, 0.25) is 0 Å². The van der Waals surface area contributed by atoms with E-state index in [4.69, 9.17) is 11.6 Å². The molecule has 0 saturated carbocycles. The summed E-state index contributed by atoms with van der Waals surface area (Å²) in [6, 6.07) is 0. The molecular formula is C9H13Cl. The lowest BCUT2D eigenvalue weighted by Gasteiger charge is -2.28. The molecule has 0 fully saturated rings. The highest BCUT2D eigenvalue weighted by Crippen LogP contribution is 2.38. The van der Waals surface area contributed by atoms with E-state index in [-0.39, 0.29) is 0 Å². The molecule has 0 radical (unpaired) electrons. The lowest BCUT2D eigenvalue weighted by atomic mass is 9.79. The van der Waals surface area contributed by atoms with Crippen molar-refractivity contribution in [3.05, 3.63) is 23.3 Å². The number of rotatable bonds is 0. The second-order valence-corrected chi connectivity index (χ2v) is 4.25. The lowest BCUT2D eigenvalue weighted by Crippen LogP contribution is -2.15. The summed E-state index contributed by atoms with van der Waals surface area (Å²) in [7, 11) is 0. The maximum atomic E-state index is 5.90. The maximum absolute atomic E-state index is 5.90. The van der Waals surface area contributed by atoms with Crippen LogP contribution in [0.1, 0.15) is 26.7 Å². The zero-order valence-corrected chi connectivity index (χ0v) is 7.33. The van der Waals surface area contributed by atoms with Gasteiger partial charge >= 0.3 is 0 Å². The number of hydrogen-bond acceptors (Lipinski definition) is 0. The van der Waals surface area contributed by atoms with Crippen LogP contribution in [0.3, 0.4) is 0 Å². The molecule has 0 heterocycles. The van der Waals surface area contributed by atoms with Crippen molar-refractivity contribution < 1.29 is 0 Å². The van der Waals surface area contributed by atoms with Crippen molar-refractivity contribution >= 4 is 11.6 Å². The molecule has 0 aromatic heterocycles. The van der Waals surface area contributed by atoms with Gasteiger partial charge in [0.05, 0.1) is 0 Å². The van der Waals surface area contributed by atoms with Crippen molar-refractivity contribution in [1.29, 1.82) is 0 Å². The van der Waals surface area contributed by atoms with Crippen LogP contribution in [-0.4, -0.2) is 0 Å². The third kappa shape index (κ3) is 1.88. The second kappa shape index (κ2) is 2.43. The predicted octanol–water partition coefficient (Wildman–Crippen LogP) is 3.49.